The van der Waals surface area contributed by atoms with Crippen LogP contribution < -0.4 is 15.0 Å². The predicted octanol–water partition coefficient (Wildman–Crippen LogP) is 4.38. The third kappa shape index (κ3) is 3.99. The zero-order valence-electron chi connectivity index (χ0n) is 15.0. The molecule has 1 aliphatic rings. The molecular formula is C20H19BrN2O3S. The summed E-state index contributed by atoms with van der Waals surface area (Å²) in [6.07, 6.45) is 2.56. The molecule has 1 aliphatic heterocycles. The normalized spacial score (nSPS) is 15.4. The maximum atomic E-state index is 12.9. The molecule has 0 radical (unpaired) electrons. The van der Waals surface area contributed by atoms with Crippen molar-refractivity contribution in [2.24, 2.45) is 0 Å². The molecule has 1 saturated heterocycles. The number of rotatable bonds is 5. The number of phenolic OH excluding ortho intramolecular Hbond substituents is 1. The van der Waals surface area contributed by atoms with E-state index in [2.05, 4.69) is 28.2 Å². The van der Waals surface area contributed by atoms with E-state index in [1.807, 2.05) is 31.2 Å². The second-order valence-electron chi connectivity index (χ2n) is 5.93. The Morgan fingerprint density at radius 1 is 1.30 bits per heavy atom. The highest BCUT2D eigenvalue weighted by atomic mass is 79.9. The van der Waals surface area contributed by atoms with Crippen LogP contribution in [0.25, 0.3) is 6.08 Å². The predicted molar refractivity (Wildman–Crippen MR) is 114 cm³/mol. The zero-order chi connectivity index (χ0) is 19.6. The third-order valence-electron chi connectivity index (χ3n) is 4.12. The molecule has 2 aromatic carbocycles. The number of nitrogens with one attached hydrogen (secondary N) is 1. The highest BCUT2D eigenvalue weighted by Crippen LogP contribution is 2.36. The molecule has 0 saturated carbocycles. The van der Waals surface area contributed by atoms with Gasteiger partial charge in [0.05, 0.1) is 16.8 Å². The fourth-order valence-corrected chi connectivity index (χ4v) is 3.55. The largest absolute Gasteiger partial charge is 0.503 e. The molecule has 0 unspecified atom stereocenters. The second kappa shape index (κ2) is 8.10. The number of ether oxygens (including phenoxy) is 1. The molecule has 27 heavy (non-hydrogen) atoms. The van der Waals surface area contributed by atoms with E-state index in [0.29, 0.717) is 33.2 Å². The van der Waals surface area contributed by atoms with Crippen LogP contribution in [0.4, 0.5) is 5.69 Å². The van der Waals surface area contributed by atoms with Crippen LogP contribution in [0.5, 0.6) is 11.5 Å². The summed E-state index contributed by atoms with van der Waals surface area (Å²) in [6.45, 7) is 4.32. The van der Waals surface area contributed by atoms with E-state index in [9.17, 15) is 9.90 Å². The molecule has 7 heteroatoms. The zero-order valence-corrected chi connectivity index (χ0v) is 17.4. The van der Waals surface area contributed by atoms with Gasteiger partial charge in [-0.15, -0.1) is 0 Å². The fourth-order valence-electron chi connectivity index (χ4n) is 2.79. The monoisotopic (exact) mass is 446 g/mol. The van der Waals surface area contributed by atoms with Crippen LogP contribution in [0.15, 0.2) is 46.6 Å². The van der Waals surface area contributed by atoms with Crippen molar-refractivity contribution in [3.8, 4) is 11.5 Å². The van der Waals surface area contributed by atoms with E-state index >= 15 is 0 Å². The van der Waals surface area contributed by atoms with E-state index in [-0.39, 0.29) is 11.7 Å². The van der Waals surface area contributed by atoms with Gasteiger partial charge < -0.3 is 15.2 Å². The van der Waals surface area contributed by atoms with Gasteiger partial charge in [0.2, 0.25) is 0 Å². The Balaban J connectivity index is 1.95. The summed E-state index contributed by atoms with van der Waals surface area (Å²) in [5.41, 5.74) is 2.93. The Labute approximate surface area is 171 Å². The number of phenols is 1. The van der Waals surface area contributed by atoms with Crippen molar-refractivity contribution in [3.63, 3.8) is 0 Å². The Morgan fingerprint density at radius 2 is 2.07 bits per heavy atom. The first-order valence-electron chi connectivity index (χ1n) is 8.56. The first kappa shape index (κ1) is 19.4. The third-order valence-corrected chi connectivity index (χ3v) is 5.01. The lowest BCUT2D eigenvalue weighted by Gasteiger charge is -2.14. The molecule has 2 N–H and O–H groups in total. The molecule has 0 aromatic heterocycles. The number of halogens is 1. The standard InChI is InChI=1S/C20H19BrN2O3S/c1-3-12-6-5-7-14(8-12)23-19(25)16(22-20(23)27)10-13-9-15(21)18(24)17(11-13)26-4-2/h5-11,24H,3-4H2,1-2H3,(H,22,27)/b16-10-. The lowest BCUT2D eigenvalue weighted by atomic mass is 10.1. The van der Waals surface area contributed by atoms with Crippen LogP contribution in [0.1, 0.15) is 25.0 Å². The number of carbonyl (C=O) groups is 1. The van der Waals surface area contributed by atoms with E-state index < -0.39 is 0 Å². The number of aryl methyl sites for hydroxylation is 1. The summed E-state index contributed by atoms with van der Waals surface area (Å²) in [5, 5.41) is 13.4. The highest BCUT2D eigenvalue weighted by molar-refractivity contribution is 9.10. The topological polar surface area (TPSA) is 61.8 Å². The summed E-state index contributed by atoms with van der Waals surface area (Å²) in [7, 11) is 0. The van der Waals surface area contributed by atoms with E-state index in [1.165, 1.54) is 4.90 Å². The van der Waals surface area contributed by atoms with Crippen molar-refractivity contribution in [3.05, 3.63) is 57.7 Å². The number of hydrogen-bond donors (Lipinski definition) is 2. The number of benzene rings is 2. The summed E-state index contributed by atoms with van der Waals surface area (Å²) in [5.74, 6) is 0.146. The first-order chi connectivity index (χ1) is 12.9. The van der Waals surface area contributed by atoms with Crippen LogP contribution in [-0.2, 0) is 11.2 Å². The highest BCUT2D eigenvalue weighted by Gasteiger charge is 2.32. The van der Waals surface area contributed by atoms with Crippen LogP contribution in [0, 0.1) is 0 Å². The molecule has 5 nitrogen and oxygen atoms in total. The van der Waals surface area contributed by atoms with Crippen LogP contribution in [-0.4, -0.2) is 22.7 Å². The SMILES string of the molecule is CCOc1cc(/C=C2\NC(=S)N(c3cccc(CC)c3)C2=O)cc(Br)c1O. The van der Waals surface area contributed by atoms with Crippen molar-refractivity contribution in [2.45, 2.75) is 20.3 Å². The van der Waals surface area contributed by atoms with E-state index in [0.717, 1.165) is 17.7 Å². The summed E-state index contributed by atoms with van der Waals surface area (Å²) < 4.78 is 5.92. The van der Waals surface area contributed by atoms with Gasteiger partial charge in [0.1, 0.15) is 5.70 Å². The molecule has 0 atom stereocenters. The van der Waals surface area contributed by atoms with Crippen molar-refractivity contribution in [2.75, 3.05) is 11.5 Å². The molecule has 140 valence electrons. The van der Waals surface area contributed by atoms with Crippen molar-refractivity contribution in [1.82, 2.24) is 5.32 Å². The second-order valence-corrected chi connectivity index (χ2v) is 7.18. The smallest absolute Gasteiger partial charge is 0.281 e. The molecule has 1 fully saturated rings. The maximum absolute atomic E-state index is 12.9. The Hall–Kier alpha value is -2.38. The van der Waals surface area contributed by atoms with Gasteiger partial charge in [0.15, 0.2) is 16.6 Å². The van der Waals surface area contributed by atoms with Crippen LogP contribution in [0.2, 0.25) is 0 Å². The quantitative estimate of drug-likeness (QED) is 0.527. The molecule has 2 aromatic rings. The van der Waals surface area contributed by atoms with E-state index in [1.54, 1.807) is 18.2 Å². The van der Waals surface area contributed by atoms with E-state index in [4.69, 9.17) is 17.0 Å². The lowest BCUT2D eigenvalue weighted by molar-refractivity contribution is -0.113. The van der Waals surface area contributed by atoms with Crippen LogP contribution >= 0.6 is 28.1 Å². The van der Waals surface area contributed by atoms with Gasteiger partial charge in [0.25, 0.3) is 5.91 Å². The minimum absolute atomic E-state index is 0.0261. The minimum Gasteiger partial charge on any atom is -0.503 e. The van der Waals surface area contributed by atoms with Gasteiger partial charge in [-0.3, -0.25) is 9.69 Å². The summed E-state index contributed by atoms with van der Waals surface area (Å²) >= 11 is 8.67. The number of hydrogen-bond acceptors (Lipinski definition) is 4. The average molecular weight is 447 g/mol. The van der Waals surface area contributed by atoms with Crippen molar-refractivity contribution >= 4 is 50.9 Å². The molecule has 0 aliphatic carbocycles. The molecule has 0 spiro atoms. The minimum atomic E-state index is -0.226. The summed E-state index contributed by atoms with van der Waals surface area (Å²) in [4.78, 5) is 14.4. The Morgan fingerprint density at radius 3 is 2.78 bits per heavy atom. The number of anilines is 1. The maximum Gasteiger partial charge on any atom is 0.281 e. The van der Waals surface area contributed by atoms with Crippen molar-refractivity contribution in [1.29, 1.82) is 0 Å². The molecule has 1 amide bonds. The van der Waals surface area contributed by atoms with Gasteiger partial charge in [-0.2, -0.15) is 0 Å². The lowest BCUT2D eigenvalue weighted by Crippen LogP contribution is -2.30. The van der Waals surface area contributed by atoms with Gasteiger partial charge in [-0.25, -0.2) is 0 Å². The molecule has 3 rings (SSSR count). The van der Waals surface area contributed by atoms with Gasteiger partial charge in [-0.1, -0.05) is 19.1 Å². The van der Waals surface area contributed by atoms with Crippen molar-refractivity contribution < 1.29 is 14.6 Å². The van der Waals surface area contributed by atoms with Gasteiger partial charge in [-0.05, 0) is 83.0 Å². The number of carbonyl (C=O) groups excluding carboxylic acids is 1. The molecular weight excluding hydrogens is 428 g/mol. The Kier molecular flexibility index (Phi) is 5.82. The van der Waals surface area contributed by atoms with Gasteiger partial charge in [0, 0.05) is 0 Å². The number of aromatic hydroxyl groups is 1. The number of nitrogens with zero attached hydrogens (tertiary/aromatic N) is 1. The Bertz CT molecular complexity index is 943. The molecule has 0 bridgehead atoms. The molecule has 1 heterocycles. The van der Waals surface area contributed by atoms with Gasteiger partial charge >= 0.3 is 0 Å². The fraction of sp³-hybridized carbons (Fsp3) is 0.200. The summed E-state index contributed by atoms with van der Waals surface area (Å²) in [6, 6.07) is 11.1. The average Bonchev–Trinajstić information content (AvgIpc) is 2.93. The van der Waals surface area contributed by atoms with Crippen LogP contribution in [0.3, 0.4) is 0 Å². The first-order valence-corrected chi connectivity index (χ1v) is 9.76. The number of thiocarbonyl (C=S) groups is 1. The number of amides is 1.